The van der Waals surface area contributed by atoms with Gasteiger partial charge in [-0.3, -0.25) is 9.59 Å². The lowest BCUT2D eigenvalue weighted by atomic mass is 10.3. The average Bonchev–Trinajstić information content (AvgIpc) is 2.98. The number of carboxylic acid groups (broad SMARTS) is 1. The van der Waals surface area contributed by atoms with Gasteiger partial charge in [0.2, 0.25) is 10.0 Å². The summed E-state index contributed by atoms with van der Waals surface area (Å²) >= 11 is 0.960. The molecule has 0 bridgehead atoms. The van der Waals surface area contributed by atoms with E-state index in [-0.39, 0.29) is 22.9 Å². The van der Waals surface area contributed by atoms with E-state index in [0.717, 1.165) is 11.3 Å². The maximum absolute atomic E-state index is 12.6. The largest absolute Gasteiger partial charge is 0.480 e. The van der Waals surface area contributed by atoms with Gasteiger partial charge in [0.1, 0.15) is 15.8 Å². The minimum Gasteiger partial charge on any atom is -0.480 e. The number of aliphatic carboxylic acids is 1. The highest BCUT2D eigenvalue weighted by molar-refractivity contribution is 7.89. The van der Waals surface area contributed by atoms with Gasteiger partial charge in [-0.1, -0.05) is 0 Å². The van der Waals surface area contributed by atoms with Gasteiger partial charge in [0.15, 0.2) is 0 Å². The molecule has 1 atom stereocenters. The predicted molar refractivity (Wildman–Crippen MR) is 78.5 cm³/mol. The van der Waals surface area contributed by atoms with Gasteiger partial charge in [0.05, 0.1) is 13.2 Å². The Bertz CT molecular complexity index is 663. The Labute approximate surface area is 131 Å². The maximum Gasteiger partial charge on any atom is 0.325 e. The van der Waals surface area contributed by atoms with Crippen molar-refractivity contribution in [2.24, 2.45) is 0 Å². The smallest absolute Gasteiger partial charge is 0.325 e. The fourth-order valence-electron chi connectivity index (χ4n) is 1.92. The van der Waals surface area contributed by atoms with E-state index >= 15 is 0 Å². The zero-order valence-corrected chi connectivity index (χ0v) is 13.4. The topological polar surface area (TPSA) is 113 Å². The lowest BCUT2D eigenvalue weighted by Gasteiger charge is -2.26. The number of carbonyl (C=O) groups excluding carboxylic acids is 1. The molecule has 1 aromatic heterocycles. The number of sulfonamides is 1. The zero-order valence-electron chi connectivity index (χ0n) is 11.8. The summed E-state index contributed by atoms with van der Waals surface area (Å²) < 4.78 is 31.5. The molecule has 1 aliphatic rings. The molecule has 1 amide bonds. The van der Waals surface area contributed by atoms with E-state index in [1.165, 1.54) is 22.7 Å². The zero-order chi connectivity index (χ0) is 16.3. The Balaban J connectivity index is 2.25. The highest BCUT2D eigenvalue weighted by Crippen LogP contribution is 2.25. The van der Waals surface area contributed by atoms with Crippen LogP contribution in [0.2, 0.25) is 0 Å². The fourth-order valence-corrected chi connectivity index (χ4v) is 4.63. The number of rotatable bonds is 5. The monoisotopic (exact) mass is 348 g/mol. The molecule has 0 radical (unpaired) electrons. The predicted octanol–water partition coefficient (Wildman–Crippen LogP) is -0.0281. The van der Waals surface area contributed by atoms with Crippen LogP contribution < -0.4 is 5.32 Å². The molecule has 0 aliphatic carbocycles. The molecular weight excluding hydrogens is 332 g/mol. The molecule has 8 nitrogen and oxygen atoms in total. The van der Waals surface area contributed by atoms with E-state index in [4.69, 9.17) is 9.84 Å². The first-order valence-electron chi connectivity index (χ1n) is 6.53. The normalized spacial score (nSPS) is 17.9. The Morgan fingerprint density at radius 1 is 1.41 bits per heavy atom. The molecule has 1 saturated heterocycles. The van der Waals surface area contributed by atoms with Crippen LogP contribution in [0.15, 0.2) is 16.3 Å². The lowest BCUT2D eigenvalue weighted by molar-refractivity contribution is -0.138. The summed E-state index contributed by atoms with van der Waals surface area (Å²) in [4.78, 5) is 22.8. The van der Waals surface area contributed by atoms with E-state index in [2.05, 4.69) is 5.32 Å². The number of carbonyl (C=O) groups is 2. The molecule has 1 aromatic rings. The number of ether oxygens (including phenoxy) is 1. The summed E-state index contributed by atoms with van der Waals surface area (Å²) in [7, 11) is -3.79. The van der Waals surface area contributed by atoms with Crippen LogP contribution in [0.25, 0.3) is 0 Å². The van der Waals surface area contributed by atoms with Crippen LogP contribution in [-0.4, -0.2) is 62.1 Å². The third-order valence-electron chi connectivity index (χ3n) is 3.14. The standard InChI is InChI=1S/C12H16N2O6S2/c1-8(12(16)17)13-11(15)10-9(2-7-21-10)22(18,19)14-3-5-20-6-4-14/h2,7-8H,3-6H2,1H3,(H,13,15)(H,16,17)/t8-/m0/s1. The number of nitrogens with one attached hydrogen (secondary N) is 1. The quantitative estimate of drug-likeness (QED) is 0.773. The number of thiophene rings is 1. The maximum atomic E-state index is 12.6. The Morgan fingerprint density at radius 2 is 2.05 bits per heavy atom. The molecule has 2 N–H and O–H groups in total. The first-order chi connectivity index (χ1) is 10.3. The van der Waals surface area contributed by atoms with E-state index in [1.54, 1.807) is 0 Å². The van der Waals surface area contributed by atoms with E-state index in [9.17, 15) is 18.0 Å². The van der Waals surface area contributed by atoms with Crippen LogP contribution in [0.1, 0.15) is 16.6 Å². The first-order valence-corrected chi connectivity index (χ1v) is 8.85. The number of morpholine rings is 1. The number of hydrogen-bond acceptors (Lipinski definition) is 6. The Kier molecular flexibility index (Phi) is 5.16. The Morgan fingerprint density at radius 3 is 2.64 bits per heavy atom. The van der Waals surface area contributed by atoms with Crippen LogP contribution in [0.3, 0.4) is 0 Å². The Hall–Kier alpha value is -1.49. The van der Waals surface area contributed by atoms with Crippen molar-refractivity contribution >= 4 is 33.2 Å². The number of hydrogen-bond donors (Lipinski definition) is 2. The summed E-state index contributed by atoms with van der Waals surface area (Å²) in [6, 6.07) is 0.254. The second kappa shape index (κ2) is 6.73. The second-order valence-electron chi connectivity index (χ2n) is 4.66. The van der Waals surface area contributed by atoms with Gasteiger partial charge in [0, 0.05) is 13.1 Å². The van der Waals surface area contributed by atoms with Crippen molar-refractivity contribution in [1.29, 1.82) is 0 Å². The van der Waals surface area contributed by atoms with Crippen molar-refractivity contribution in [3.63, 3.8) is 0 Å². The van der Waals surface area contributed by atoms with Crippen LogP contribution in [0, 0.1) is 0 Å². The van der Waals surface area contributed by atoms with Crippen molar-refractivity contribution in [3.8, 4) is 0 Å². The molecule has 2 rings (SSSR count). The van der Waals surface area contributed by atoms with Gasteiger partial charge < -0.3 is 15.2 Å². The molecule has 0 aromatic carbocycles. The number of nitrogens with zero attached hydrogens (tertiary/aromatic N) is 1. The van der Waals surface area contributed by atoms with Gasteiger partial charge >= 0.3 is 5.97 Å². The van der Waals surface area contributed by atoms with Crippen LogP contribution in [0.5, 0.6) is 0 Å². The molecule has 1 fully saturated rings. The third kappa shape index (κ3) is 3.46. The first kappa shape index (κ1) is 16.9. The van der Waals surface area contributed by atoms with Gasteiger partial charge in [-0.25, -0.2) is 8.42 Å². The minimum atomic E-state index is -3.79. The third-order valence-corrected chi connectivity index (χ3v) is 6.12. The van der Waals surface area contributed by atoms with E-state index in [1.807, 2.05) is 0 Å². The number of carboxylic acids is 1. The minimum absolute atomic E-state index is 0.0143. The highest BCUT2D eigenvalue weighted by atomic mass is 32.2. The van der Waals surface area contributed by atoms with Gasteiger partial charge in [-0.2, -0.15) is 4.31 Å². The number of amides is 1. The van der Waals surface area contributed by atoms with E-state index < -0.39 is 27.9 Å². The van der Waals surface area contributed by atoms with Gasteiger partial charge in [0.25, 0.3) is 5.91 Å². The van der Waals surface area contributed by atoms with Crippen LogP contribution in [-0.2, 0) is 19.6 Å². The summed E-state index contributed by atoms with van der Waals surface area (Å²) in [5.74, 6) is -1.90. The molecule has 122 valence electrons. The molecule has 0 spiro atoms. The summed E-state index contributed by atoms with van der Waals surface area (Å²) in [6.07, 6.45) is 0. The van der Waals surface area contributed by atoms with Gasteiger partial charge in [-0.15, -0.1) is 11.3 Å². The molecule has 22 heavy (non-hydrogen) atoms. The van der Waals surface area contributed by atoms with Crippen molar-refractivity contribution < 1.29 is 27.9 Å². The van der Waals surface area contributed by atoms with Crippen molar-refractivity contribution in [3.05, 3.63) is 16.3 Å². The average molecular weight is 348 g/mol. The molecule has 0 saturated carbocycles. The molecule has 10 heteroatoms. The van der Waals surface area contributed by atoms with Crippen molar-refractivity contribution in [2.45, 2.75) is 17.9 Å². The molecule has 0 unspecified atom stereocenters. The molecule has 1 aliphatic heterocycles. The highest BCUT2D eigenvalue weighted by Gasteiger charge is 2.31. The SMILES string of the molecule is C[C@H](NC(=O)c1sccc1S(=O)(=O)N1CCOCC1)C(=O)O. The molecular formula is C12H16N2O6S2. The fraction of sp³-hybridized carbons (Fsp3) is 0.500. The van der Waals surface area contributed by atoms with Crippen molar-refractivity contribution in [2.75, 3.05) is 26.3 Å². The van der Waals surface area contributed by atoms with Crippen LogP contribution >= 0.6 is 11.3 Å². The van der Waals surface area contributed by atoms with E-state index in [0.29, 0.717) is 13.2 Å². The summed E-state index contributed by atoms with van der Waals surface area (Å²) in [6.45, 7) is 2.38. The summed E-state index contributed by atoms with van der Waals surface area (Å²) in [5.41, 5.74) is 0. The lowest BCUT2D eigenvalue weighted by Crippen LogP contribution is -2.42. The second-order valence-corrected chi connectivity index (χ2v) is 7.49. The van der Waals surface area contributed by atoms with Crippen LogP contribution in [0.4, 0.5) is 0 Å². The van der Waals surface area contributed by atoms with Gasteiger partial charge in [-0.05, 0) is 18.4 Å². The molecule has 2 heterocycles. The van der Waals surface area contributed by atoms with Crippen molar-refractivity contribution in [1.82, 2.24) is 9.62 Å². The summed E-state index contributed by atoms with van der Waals surface area (Å²) in [5, 5.41) is 12.6.